The third-order valence-corrected chi connectivity index (χ3v) is 4.41. The lowest BCUT2D eigenvalue weighted by molar-refractivity contribution is 0.0602. The maximum Gasteiger partial charge on any atom is 0.340 e. The summed E-state index contributed by atoms with van der Waals surface area (Å²) in [5, 5.41) is 0. The summed E-state index contributed by atoms with van der Waals surface area (Å²) in [6.45, 7) is 2.30. The molecule has 0 heterocycles. The van der Waals surface area contributed by atoms with Crippen LogP contribution in [0.3, 0.4) is 0 Å². The highest BCUT2D eigenvalue weighted by atomic mass is 16.5. The van der Waals surface area contributed by atoms with E-state index in [1.165, 1.54) is 32.8 Å². The predicted molar refractivity (Wildman–Crippen MR) is 82.0 cm³/mol. The molecule has 2 unspecified atom stereocenters. The number of nitrogens with two attached hydrogens (primary N) is 1. The molecule has 4 nitrogen and oxygen atoms in total. The van der Waals surface area contributed by atoms with Gasteiger partial charge in [-0.2, -0.15) is 0 Å². The van der Waals surface area contributed by atoms with Crippen molar-refractivity contribution in [3.8, 4) is 0 Å². The van der Waals surface area contributed by atoms with E-state index in [2.05, 4.69) is 18.9 Å². The molecule has 4 heteroatoms. The van der Waals surface area contributed by atoms with Crippen LogP contribution in [0.15, 0.2) is 18.2 Å². The summed E-state index contributed by atoms with van der Waals surface area (Å²) in [6.07, 6.45) is 5.07. The van der Waals surface area contributed by atoms with Gasteiger partial charge in [0, 0.05) is 24.5 Å². The first kappa shape index (κ1) is 14.7. The van der Waals surface area contributed by atoms with Crippen LogP contribution in [0.4, 0.5) is 11.4 Å². The normalized spacial score (nSPS) is 22.4. The van der Waals surface area contributed by atoms with E-state index in [-0.39, 0.29) is 5.97 Å². The van der Waals surface area contributed by atoms with E-state index in [0.29, 0.717) is 23.2 Å². The van der Waals surface area contributed by atoms with Gasteiger partial charge in [-0.15, -0.1) is 0 Å². The Hall–Kier alpha value is -1.71. The van der Waals surface area contributed by atoms with Gasteiger partial charge >= 0.3 is 5.97 Å². The molecule has 0 saturated heterocycles. The number of esters is 1. The molecular weight excluding hydrogens is 252 g/mol. The molecule has 2 rings (SSSR count). The van der Waals surface area contributed by atoms with Gasteiger partial charge in [0.2, 0.25) is 0 Å². The summed E-state index contributed by atoms with van der Waals surface area (Å²) in [4.78, 5) is 14.0. The Morgan fingerprint density at radius 2 is 2.05 bits per heavy atom. The highest BCUT2D eigenvalue weighted by Crippen LogP contribution is 2.31. The van der Waals surface area contributed by atoms with Crippen LogP contribution in [0.5, 0.6) is 0 Å². The van der Waals surface area contributed by atoms with Gasteiger partial charge in [0.05, 0.1) is 12.7 Å². The van der Waals surface area contributed by atoms with Gasteiger partial charge in [0.1, 0.15) is 0 Å². The first-order valence-corrected chi connectivity index (χ1v) is 7.25. The molecule has 1 aliphatic carbocycles. The summed E-state index contributed by atoms with van der Waals surface area (Å²) >= 11 is 0. The van der Waals surface area contributed by atoms with E-state index in [1.54, 1.807) is 6.07 Å². The van der Waals surface area contributed by atoms with Gasteiger partial charge < -0.3 is 15.4 Å². The Balaban J connectivity index is 2.25. The molecule has 0 amide bonds. The van der Waals surface area contributed by atoms with Crippen LogP contribution < -0.4 is 10.6 Å². The molecule has 20 heavy (non-hydrogen) atoms. The second-order valence-corrected chi connectivity index (χ2v) is 5.70. The molecule has 1 fully saturated rings. The number of nitrogen functional groups attached to an aromatic ring is 1. The van der Waals surface area contributed by atoms with Gasteiger partial charge in [-0.3, -0.25) is 0 Å². The summed E-state index contributed by atoms with van der Waals surface area (Å²) in [6, 6.07) is 6.12. The number of carbonyl (C=O) groups is 1. The van der Waals surface area contributed by atoms with Crippen LogP contribution in [0, 0.1) is 5.92 Å². The maximum atomic E-state index is 11.7. The van der Waals surface area contributed by atoms with E-state index >= 15 is 0 Å². The number of benzene rings is 1. The first-order chi connectivity index (χ1) is 9.54. The minimum absolute atomic E-state index is 0.380. The molecule has 0 bridgehead atoms. The summed E-state index contributed by atoms with van der Waals surface area (Å²) in [7, 11) is 3.47. The van der Waals surface area contributed by atoms with Crippen molar-refractivity contribution >= 4 is 17.3 Å². The molecule has 110 valence electrons. The molecule has 0 aromatic heterocycles. The zero-order valence-electron chi connectivity index (χ0n) is 12.6. The molecule has 2 N–H and O–H groups in total. The average molecular weight is 276 g/mol. The number of nitrogens with zero attached hydrogens (tertiary/aromatic N) is 1. The first-order valence-electron chi connectivity index (χ1n) is 7.25. The number of rotatable bonds is 3. The quantitative estimate of drug-likeness (QED) is 0.681. The van der Waals surface area contributed by atoms with Gasteiger partial charge in [-0.25, -0.2) is 4.79 Å². The Bertz CT molecular complexity index is 487. The molecule has 2 atom stereocenters. The van der Waals surface area contributed by atoms with Crippen molar-refractivity contribution < 1.29 is 9.53 Å². The highest BCUT2D eigenvalue weighted by molar-refractivity contribution is 5.96. The van der Waals surface area contributed by atoms with Crippen LogP contribution >= 0.6 is 0 Å². The third-order valence-electron chi connectivity index (χ3n) is 4.41. The number of anilines is 2. The van der Waals surface area contributed by atoms with Crippen molar-refractivity contribution in [3.05, 3.63) is 23.8 Å². The number of hydrogen-bond donors (Lipinski definition) is 1. The Morgan fingerprint density at radius 3 is 2.70 bits per heavy atom. The minimum Gasteiger partial charge on any atom is -0.465 e. The van der Waals surface area contributed by atoms with E-state index in [1.807, 2.05) is 12.1 Å². The molecule has 0 aliphatic heterocycles. The molecule has 1 aromatic rings. The van der Waals surface area contributed by atoms with E-state index in [9.17, 15) is 4.79 Å². The van der Waals surface area contributed by atoms with Crippen LogP contribution in [0.2, 0.25) is 0 Å². The fraction of sp³-hybridized carbons (Fsp3) is 0.562. The van der Waals surface area contributed by atoms with Crippen molar-refractivity contribution in [1.82, 2.24) is 0 Å². The molecule has 1 saturated carbocycles. The Labute approximate surface area is 120 Å². The van der Waals surface area contributed by atoms with Crippen molar-refractivity contribution in [2.24, 2.45) is 5.92 Å². The maximum absolute atomic E-state index is 11.7. The lowest BCUT2D eigenvalue weighted by Gasteiger charge is -2.37. The lowest BCUT2D eigenvalue weighted by Crippen LogP contribution is -2.39. The van der Waals surface area contributed by atoms with Crippen LogP contribution in [-0.2, 0) is 4.74 Å². The number of hydrogen-bond acceptors (Lipinski definition) is 4. The smallest absolute Gasteiger partial charge is 0.340 e. The van der Waals surface area contributed by atoms with E-state index in [0.717, 1.165) is 5.69 Å². The van der Waals surface area contributed by atoms with Crippen LogP contribution in [0.25, 0.3) is 0 Å². The lowest BCUT2D eigenvalue weighted by atomic mass is 9.85. The van der Waals surface area contributed by atoms with Crippen molar-refractivity contribution in [3.63, 3.8) is 0 Å². The fourth-order valence-electron chi connectivity index (χ4n) is 3.11. The second kappa shape index (κ2) is 6.16. The minimum atomic E-state index is -0.380. The molecule has 0 radical (unpaired) electrons. The molecular formula is C16H24N2O2. The zero-order chi connectivity index (χ0) is 14.7. The largest absolute Gasteiger partial charge is 0.465 e. The number of ether oxygens (including phenoxy) is 1. The van der Waals surface area contributed by atoms with Crippen molar-refractivity contribution in [2.75, 3.05) is 24.8 Å². The predicted octanol–water partition coefficient (Wildman–Crippen LogP) is 3.07. The van der Waals surface area contributed by atoms with Crippen molar-refractivity contribution in [1.29, 1.82) is 0 Å². The van der Waals surface area contributed by atoms with Gasteiger partial charge in [-0.1, -0.05) is 19.8 Å². The van der Waals surface area contributed by atoms with Crippen molar-refractivity contribution in [2.45, 2.75) is 38.6 Å². The monoisotopic (exact) mass is 276 g/mol. The van der Waals surface area contributed by atoms with Crippen LogP contribution in [0.1, 0.15) is 43.0 Å². The topological polar surface area (TPSA) is 55.6 Å². The number of methoxy groups -OCH3 is 1. The van der Waals surface area contributed by atoms with Gasteiger partial charge in [0.15, 0.2) is 0 Å². The summed E-state index contributed by atoms with van der Waals surface area (Å²) < 4.78 is 4.78. The fourth-order valence-corrected chi connectivity index (χ4v) is 3.11. The highest BCUT2D eigenvalue weighted by Gasteiger charge is 2.25. The molecule has 1 aliphatic rings. The van der Waals surface area contributed by atoms with E-state index < -0.39 is 0 Å². The summed E-state index contributed by atoms with van der Waals surface area (Å²) in [5.74, 6) is 0.294. The third kappa shape index (κ3) is 2.89. The Morgan fingerprint density at radius 1 is 1.35 bits per heavy atom. The average Bonchev–Trinajstić information content (AvgIpc) is 2.47. The van der Waals surface area contributed by atoms with Crippen LogP contribution in [-0.4, -0.2) is 26.2 Å². The van der Waals surface area contributed by atoms with Gasteiger partial charge in [0.25, 0.3) is 0 Å². The van der Waals surface area contributed by atoms with Gasteiger partial charge in [-0.05, 0) is 37.0 Å². The number of carbonyl (C=O) groups excluding carboxylic acids is 1. The van der Waals surface area contributed by atoms with E-state index in [4.69, 9.17) is 10.5 Å². The second-order valence-electron chi connectivity index (χ2n) is 5.70. The molecule has 0 spiro atoms. The Kier molecular flexibility index (Phi) is 4.53. The molecule has 1 aromatic carbocycles. The zero-order valence-corrected chi connectivity index (χ0v) is 12.6. The standard InChI is InChI=1S/C16H24N2O2/c1-11-6-4-5-7-15(11)18(2)12-8-9-14(17)13(10-12)16(19)20-3/h8-11,15H,4-7,17H2,1-3H3. The SMILES string of the molecule is COC(=O)c1cc(N(C)C2CCCCC2C)ccc1N. The summed E-state index contributed by atoms with van der Waals surface area (Å²) in [5.41, 5.74) is 7.79.